The second-order valence-electron chi connectivity index (χ2n) is 5.45. The molecule has 1 unspecified atom stereocenters. The first-order valence-corrected chi connectivity index (χ1v) is 7.76. The van der Waals surface area contributed by atoms with Crippen molar-refractivity contribution in [3.8, 4) is 0 Å². The van der Waals surface area contributed by atoms with Gasteiger partial charge in [-0.1, -0.05) is 0 Å². The second kappa shape index (κ2) is 5.76. The largest absolute Gasteiger partial charge is 0.481 e. The molecule has 23 heavy (non-hydrogen) atoms. The molecule has 1 aliphatic rings. The Kier molecular flexibility index (Phi) is 3.92. The van der Waals surface area contributed by atoms with Crippen LogP contribution in [0.2, 0.25) is 0 Å². The summed E-state index contributed by atoms with van der Waals surface area (Å²) in [5, 5.41) is 13.4. The molecule has 1 atom stereocenters. The Labute approximate surface area is 138 Å². The lowest BCUT2D eigenvalue weighted by atomic mass is 10.1. The molecule has 1 aliphatic heterocycles. The van der Waals surface area contributed by atoms with Crippen molar-refractivity contribution in [1.29, 1.82) is 0 Å². The van der Waals surface area contributed by atoms with E-state index >= 15 is 0 Å². The maximum absolute atomic E-state index is 12.5. The summed E-state index contributed by atoms with van der Waals surface area (Å²) in [6.45, 7) is 0.390. The van der Waals surface area contributed by atoms with Crippen molar-refractivity contribution in [2.45, 2.75) is 13.0 Å². The van der Waals surface area contributed by atoms with Crippen LogP contribution in [0.25, 0.3) is 11.0 Å². The summed E-state index contributed by atoms with van der Waals surface area (Å²) in [7, 11) is 1.67. The van der Waals surface area contributed by atoms with Gasteiger partial charge < -0.3 is 10.0 Å². The highest BCUT2D eigenvalue weighted by Gasteiger charge is 2.31. The number of halogens is 1. The van der Waals surface area contributed by atoms with Crippen LogP contribution in [0.3, 0.4) is 0 Å². The summed E-state index contributed by atoms with van der Waals surface area (Å²) in [5.74, 6) is -1.74. The summed E-state index contributed by atoms with van der Waals surface area (Å²) in [6.07, 6.45) is 1.74. The van der Waals surface area contributed by atoms with Crippen molar-refractivity contribution in [3.05, 3.63) is 21.3 Å². The van der Waals surface area contributed by atoms with Gasteiger partial charge in [0.25, 0.3) is 5.56 Å². The van der Waals surface area contributed by atoms with Crippen LogP contribution < -0.4 is 5.56 Å². The lowest BCUT2D eigenvalue weighted by molar-refractivity contribution is -0.141. The number of likely N-dealkylation sites (tertiary alicyclic amines) is 1. The number of carbonyl (C=O) groups excluding carboxylic acids is 1. The summed E-state index contributed by atoms with van der Waals surface area (Å²) in [5.41, 5.74) is 0.0648. The number of nitrogens with zero attached hydrogens (tertiary/aromatic N) is 5. The minimum Gasteiger partial charge on any atom is -0.481 e. The first-order chi connectivity index (χ1) is 10.9. The number of aryl methyl sites for hydroxylation is 1. The minimum atomic E-state index is -0.903. The first-order valence-electron chi connectivity index (χ1n) is 6.96. The third kappa shape index (κ3) is 2.74. The van der Waals surface area contributed by atoms with E-state index in [1.807, 2.05) is 0 Å². The molecule has 9 nitrogen and oxygen atoms in total. The molecule has 0 aromatic carbocycles. The lowest BCUT2D eigenvalue weighted by Gasteiger charge is -2.16. The number of carboxylic acids is 1. The SMILES string of the molecule is Cn1nc(Br)c2c(=O)n(CC(=O)N3CCC(C(=O)O)C3)cnc21. The molecule has 0 spiro atoms. The molecule has 0 bridgehead atoms. The summed E-state index contributed by atoms with van der Waals surface area (Å²) in [6, 6.07) is 0. The Morgan fingerprint density at radius 2 is 2.22 bits per heavy atom. The van der Waals surface area contributed by atoms with E-state index in [-0.39, 0.29) is 24.6 Å². The van der Waals surface area contributed by atoms with E-state index in [4.69, 9.17) is 5.11 Å². The maximum Gasteiger partial charge on any atom is 0.308 e. The summed E-state index contributed by atoms with van der Waals surface area (Å²) >= 11 is 3.21. The molecule has 2 aromatic heterocycles. The molecule has 0 radical (unpaired) electrons. The van der Waals surface area contributed by atoms with Gasteiger partial charge in [0.1, 0.15) is 22.9 Å². The smallest absolute Gasteiger partial charge is 0.308 e. The predicted molar refractivity (Wildman–Crippen MR) is 82.8 cm³/mol. The molecule has 1 fully saturated rings. The van der Waals surface area contributed by atoms with Crippen molar-refractivity contribution < 1.29 is 14.7 Å². The van der Waals surface area contributed by atoms with Gasteiger partial charge in [-0.05, 0) is 22.4 Å². The van der Waals surface area contributed by atoms with Crippen molar-refractivity contribution in [2.24, 2.45) is 13.0 Å². The van der Waals surface area contributed by atoms with E-state index < -0.39 is 11.9 Å². The molecule has 1 amide bonds. The van der Waals surface area contributed by atoms with Crippen LogP contribution in [0.15, 0.2) is 15.7 Å². The third-order valence-electron chi connectivity index (χ3n) is 3.96. The van der Waals surface area contributed by atoms with Gasteiger partial charge in [-0.15, -0.1) is 0 Å². The van der Waals surface area contributed by atoms with Gasteiger partial charge in [0.15, 0.2) is 5.65 Å². The second-order valence-corrected chi connectivity index (χ2v) is 6.21. The highest BCUT2D eigenvalue weighted by molar-refractivity contribution is 9.10. The van der Waals surface area contributed by atoms with Crippen LogP contribution in [0.4, 0.5) is 0 Å². The number of aromatic nitrogens is 4. The standard InChI is InChI=1S/C13H14BrN5O4/c1-17-11-9(10(14)16-17)12(21)19(6-15-11)5-8(20)18-3-2-7(4-18)13(22)23/h6-7H,2-5H2,1H3,(H,22,23). The first kappa shape index (κ1) is 15.7. The molecular formula is C13H14BrN5O4. The van der Waals surface area contributed by atoms with Gasteiger partial charge in [0, 0.05) is 20.1 Å². The average molecular weight is 384 g/mol. The molecule has 2 aromatic rings. The zero-order valence-electron chi connectivity index (χ0n) is 12.3. The zero-order chi connectivity index (χ0) is 16.7. The van der Waals surface area contributed by atoms with Gasteiger partial charge in [-0.2, -0.15) is 5.10 Å². The van der Waals surface area contributed by atoms with E-state index in [9.17, 15) is 14.4 Å². The lowest BCUT2D eigenvalue weighted by Crippen LogP contribution is -2.35. The minimum absolute atomic E-state index is 0.171. The topological polar surface area (TPSA) is 110 Å². The quantitative estimate of drug-likeness (QED) is 0.787. The fourth-order valence-electron chi connectivity index (χ4n) is 2.68. The Bertz CT molecular complexity index is 858. The number of fused-ring (bicyclic) bond motifs is 1. The number of carbonyl (C=O) groups is 2. The van der Waals surface area contributed by atoms with E-state index in [1.165, 1.54) is 20.5 Å². The third-order valence-corrected chi connectivity index (χ3v) is 4.52. The monoisotopic (exact) mass is 383 g/mol. The van der Waals surface area contributed by atoms with Gasteiger partial charge in [-0.25, -0.2) is 9.67 Å². The van der Waals surface area contributed by atoms with Gasteiger partial charge in [0.2, 0.25) is 5.91 Å². The molecule has 1 saturated heterocycles. The molecule has 0 aliphatic carbocycles. The highest BCUT2D eigenvalue weighted by Crippen LogP contribution is 2.18. The number of amides is 1. The zero-order valence-corrected chi connectivity index (χ0v) is 13.9. The van der Waals surface area contributed by atoms with Crippen LogP contribution in [0, 0.1) is 5.92 Å². The molecular weight excluding hydrogens is 370 g/mol. The van der Waals surface area contributed by atoms with Crippen LogP contribution in [-0.2, 0) is 23.2 Å². The molecule has 3 heterocycles. The number of rotatable bonds is 3. The van der Waals surface area contributed by atoms with E-state index in [1.54, 1.807) is 7.05 Å². The number of hydrogen-bond donors (Lipinski definition) is 1. The number of carboxylic acid groups (broad SMARTS) is 1. The molecule has 3 rings (SSSR count). The normalized spacial score (nSPS) is 17.8. The van der Waals surface area contributed by atoms with Crippen LogP contribution in [0.1, 0.15) is 6.42 Å². The number of aliphatic carboxylic acids is 1. The van der Waals surface area contributed by atoms with Crippen molar-refractivity contribution in [2.75, 3.05) is 13.1 Å². The Balaban J connectivity index is 1.83. The molecule has 1 N–H and O–H groups in total. The highest BCUT2D eigenvalue weighted by atomic mass is 79.9. The van der Waals surface area contributed by atoms with Gasteiger partial charge in [-0.3, -0.25) is 19.0 Å². The number of hydrogen-bond acceptors (Lipinski definition) is 5. The van der Waals surface area contributed by atoms with Crippen molar-refractivity contribution in [1.82, 2.24) is 24.2 Å². The predicted octanol–water partition coefficient (Wildman–Crippen LogP) is -0.174. The molecule has 0 saturated carbocycles. The maximum atomic E-state index is 12.5. The average Bonchev–Trinajstić information content (AvgIpc) is 3.08. The van der Waals surface area contributed by atoms with E-state index in [0.717, 1.165) is 0 Å². The Morgan fingerprint density at radius 1 is 1.48 bits per heavy atom. The van der Waals surface area contributed by atoms with Crippen LogP contribution in [0.5, 0.6) is 0 Å². The van der Waals surface area contributed by atoms with Gasteiger partial charge >= 0.3 is 5.97 Å². The fraction of sp³-hybridized carbons (Fsp3) is 0.462. The van der Waals surface area contributed by atoms with Crippen LogP contribution >= 0.6 is 15.9 Å². The molecule has 10 heteroatoms. The Hall–Kier alpha value is -2.23. The molecule has 122 valence electrons. The van der Waals surface area contributed by atoms with Crippen LogP contribution in [-0.4, -0.2) is 54.3 Å². The van der Waals surface area contributed by atoms with Gasteiger partial charge in [0.05, 0.1) is 5.92 Å². The van der Waals surface area contributed by atoms with E-state index in [2.05, 4.69) is 26.0 Å². The Morgan fingerprint density at radius 3 is 2.87 bits per heavy atom. The van der Waals surface area contributed by atoms with Crippen molar-refractivity contribution in [3.63, 3.8) is 0 Å². The van der Waals surface area contributed by atoms with Crippen molar-refractivity contribution >= 4 is 38.8 Å². The van der Waals surface area contributed by atoms with E-state index in [0.29, 0.717) is 28.6 Å². The summed E-state index contributed by atoms with van der Waals surface area (Å²) < 4.78 is 3.07. The fourth-order valence-corrected chi connectivity index (χ4v) is 3.27. The summed E-state index contributed by atoms with van der Waals surface area (Å²) in [4.78, 5) is 41.3.